The van der Waals surface area contributed by atoms with Crippen LogP contribution in [-0.2, 0) is 14.3 Å². The van der Waals surface area contributed by atoms with Crippen LogP contribution < -0.4 is 5.32 Å². The minimum absolute atomic E-state index is 0.101. The number of ketones is 1. The Morgan fingerprint density at radius 1 is 0.923 bits per heavy atom. The Balaban J connectivity index is 2.78. The van der Waals surface area contributed by atoms with Crippen LogP contribution >= 0.6 is 0 Å². The van der Waals surface area contributed by atoms with Gasteiger partial charge in [0.05, 0.1) is 0 Å². The van der Waals surface area contributed by atoms with E-state index < -0.39 is 29.3 Å². The maximum absolute atomic E-state index is 12.4. The van der Waals surface area contributed by atoms with Crippen molar-refractivity contribution in [1.29, 1.82) is 0 Å². The molecule has 144 valence electrons. The summed E-state index contributed by atoms with van der Waals surface area (Å²) >= 11 is 0. The molecule has 0 bridgehead atoms. The first kappa shape index (κ1) is 21.7. The van der Waals surface area contributed by atoms with Crippen molar-refractivity contribution in [3.05, 3.63) is 35.9 Å². The predicted molar refractivity (Wildman–Crippen MR) is 99.0 cm³/mol. The zero-order chi connectivity index (χ0) is 20.0. The minimum Gasteiger partial charge on any atom is -0.458 e. The van der Waals surface area contributed by atoms with Crippen molar-refractivity contribution in [2.75, 3.05) is 0 Å². The van der Waals surface area contributed by atoms with Gasteiger partial charge >= 0.3 is 12.1 Å². The van der Waals surface area contributed by atoms with Crippen molar-refractivity contribution < 1.29 is 23.9 Å². The normalized spacial score (nSPS) is 12.8. The van der Waals surface area contributed by atoms with Crippen LogP contribution in [0.2, 0.25) is 0 Å². The summed E-state index contributed by atoms with van der Waals surface area (Å²) in [6, 6.07) is 7.84. The van der Waals surface area contributed by atoms with E-state index >= 15 is 0 Å². The van der Waals surface area contributed by atoms with Gasteiger partial charge in [0, 0.05) is 12.0 Å². The van der Waals surface area contributed by atoms with Crippen LogP contribution in [0, 0.1) is 0 Å². The van der Waals surface area contributed by atoms with Crippen molar-refractivity contribution in [3.63, 3.8) is 0 Å². The summed E-state index contributed by atoms with van der Waals surface area (Å²) in [5, 5.41) is 2.51. The second kappa shape index (κ2) is 8.83. The van der Waals surface area contributed by atoms with Gasteiger partial charge in [-0.05, 0) is 48.0 Å². The molecule has 6 heteroatoms. The number of rotatable bonds is 6. The fraction of sp³-hybridized carbons (Fsp3) is 0.550. The maximum atomic E-state index is 12.4. The minimum atomic E-state index is -0.961. The molecule has 1 aromatic carbocycles. The average Bonchev–Trinajstić information content (AvgIpc) is 2.48. The summed E-state index contributed by atoms with van der Waals surface area (Å²) in [6.07, 6.45) is -0.494. The highest BCUT2D eigenvalue weighted by atomic mass is 16.6. The fourth-order valence-electron chi connectivity index (χ4n) is 2.12. The summed E-state index contributed by atoms with van der Waals surface area (Å²) < 4.78 is 10.5. The molecular formula is C20H29NO5. The van der Waals surface area contributed by atoms with Gasteiger partial charge in [-0.3, -0.25) is 4.79 Å². The van der Waals surface area contributed by atoms with E-state index in [4.69, 9.17) is 9.47 Å². The Hall–Kier alpha value is -2.37. The van der Waals surface area contributed by atoms with Crippen LogP contribution in [0.3, 0.4) is 0 Å². The Labute approximate surface area is 155 Å². The number of esters is 1. The summed E-state index contributed by atoms with van der Waals surface area (Å²) in [5.41, 5.74) is -0.829. The lowest BCUT2D eigenvalue weighted by Gasteiger charge is -2.26. The number of alkyl carbamates (subject to hydrolysis) is 1. The highest BCUT2D eigenvalue weighted by molar-refractivity contribution is 5.96. The molecule has 0 heterocycles. The van der Waals surface area contributed by atoms with Gasteiger partial charge in [-0.15, -0.1) is 0 Å². The van der Waals surface area contributed by atoms with E-state index in [0.717, 1.165) is 0 Å². The molecule has 0 unspecified atom stereocenters. The molecule has 1 amide bonds. The Morgan fingerprint density at radius 3 is 1.96 bits per heavy atom. The van der Waals surface area contributed by atoms with Crippen molar-refractivity contribution in [2.24, 2.45) is 0 Å². The van der Waals surface area contributed by atoms with Gasteiger partial charge in [0.1, 0.15) is 17.2 Å². The van der Waals surface area contributed by atoms with E-state index in [-0.39, 0.29) is 18.6 Å². The number of carbonyl (C=O) groups is 3. The van der Waals surface area contributed by atoms with Crippen molar-refractivity contribution in [2.45, 2.75) is 71.6 Å². The van der Waals surface area contributed by atoms with E-state index in [1.165, 1.54) is 0 Å². The van der Waals surface area contributed by atoms with Crippen molar-refractivity contribution in [1.82, 2.24) is 5.32 Å². The highest BCUT2D eigenvalue weighted by Crippen LogP contribution is 2.14. The van der Waals surface area contributed by atoms with E-state index in [0.29, 0.717) is 5.56 Å². The van der Waals surface area contributed by atoms with Crippen LogP contribution in [0.15, 0.2) is 30.3 Å². The molecule has 0 aliphatic heterocycles. The second-order valence-electron chi connectivity index (χ2n) is 8.06. The lowest BCUT2D eigenvalue weighted by atomic mass is 10.0. The summed E-state index contributed by atoms with van der Waals surface area (Å²) in [7, 11) is 0. The number of benzene rings is 1. The zero-order valence-electron chi connectivity index (χ0n) is 16.4. The van der Waals surface area contributed by atoms with Crippen LogP contribution in [0.5, 0.6) is 0 Å². The Bertz CT molecular complexity index is 626. The third kappa shape index (κ3) is 8.65. The standard InChI is InChI=1S/C20H29NO5/c1-19(2,3)25-17(23)15(21-18(24)26-20(4,5)6)12-13-16(22)14-10-8-7-9-11-14/h7-11,15H,12-13H2,1-6H3,(H,21,24)/t15-/m0/s1. The largest absolute Gasteiger partial charge is 0.458 e. The Kier molecular flexibility index (Phi) is 7.36. The molecule has 0 aromatic heterocycles. The molecule has 1 rings (SSSR count). The first-order chi connectivity index (χ1) is 11.9. The quantitative estimate of drug-likeness (QED) is 0.612. The third-order valence-corrected chi connectivity index (χ3v) is 3.14. The topological polar surface area (TPSA) is 81.7 Å². The molecule has 0 saturated carbocycles. The predicted octanol–water partition coefficient (Wildman–Crippen LogP) is 3.88. The number of carbonyl (C=O) groups excluding carboxylic acids is 3. The van der Waals surface area contributed by atoms with Gasteiger partial charge < -0.3 is 14.8 Å². The zero-order valence-corrected chi connectivity index (χ0v) is 16.4. The maximum Gasteiger partial charge on any atom is 0.408 e. The monoisotopic (exact) mass is 363 g/mol. The summed E-state index contributed by atoms with van der Waals surface area (Å²) in [6.45, 7) is 10.4. The third-order valence-electron chi connectivity index (χ3n) is 3.14. The number of nitrogens with one attached hydrogen (secondary N) is 1. The summed E-state index contributed by atoms with van der Waals surface area (Å²) in [4.78, 5) is 36.7. The number of amides is 1. The molecule has 0 radical (unpaired) electrons. The number of ether oxygens (including phenoxy) is 2. The Morgan fingerprint density at radius 2 is 1.46 bits per heavy atom. The van der Waals surface area contributed by atoms with E-state index in [9.17, 15) is 14.4 Å². The molecule has 1 aromatic rings. The van der Waals surface area contributed by atoms with Gasteiger partial charge in [-0.25, -0.2) is 9.59 Å². The molecule has 26 heavy (non-hydrogen) atoms. The first-order valence-electron chi connectivity index (χ1n) is 8.68. The highest BCUT2D eigenvalue weighted by Gasteiger charge is 2.29. The van der Waals surface area contributed by atoms with Gasteiger partial charge in [0.15, 0.2) is 5.78 Å². The molecule has 0 fully saturated rings. The van der Waals surface area contributed by atoms with E-state index in [1.807, 2.05) is 6.07 Å². The lowest BCUT2D eigenvalue weighted by molar-refractivity contribution is -0.157. The molecule has 1 N–H and O–H groups in total. The van der Waals surface area contributed by atoms with Gasteiger partial charge in [0.2, 0.25) is 0 Å². The molecule has 0 spiro atoms. The number of Topliss-reactive ketones (excluding diaryl/α,β-unsaturated/α-hetero) is 1. The van der Waals surface area contributed by atoms with Gasteiger partial charge in [-0.1, -0.05) is 30.3 Å². The van der Waals surface area contributed by atoms with E-state index in [1.54, 1.807) is 65.8 Å². The average molecular weight is 363 g/mol. The number of hydrogen-bond acceptors (Lipinski definition) is 5. The smallest absolute Gasteiger partial charge is 0.408 e. The molecular weight excluding hydrogens is 334 g/mol. The molecule has 0 aliphatic carbocycles. The van der Waals surface area contributed by atoms with Crippen LogP contribution in [0.4, 0.5) is 4.79 Å². The second-order valence-corrected chi connectivity index (χ2v) is 8.06. The molecule has 0 saturated heterocycles. The number of hydrogen-bond donors (Lipinski definition) is 1. The molecule has 0 aliphatic rings. The van der Waals surface area contributed by atoms with Crippen molar-refractivity contribution >= 4 is 17.8 Å². The van der Waals surface area contributed by atoms with Crippen LogP contribution in [0.25, 0.3) is 0 Å². The fourth-order valence-corrected chi connectivity index (χ4v) is 2.12. The molecule has 1 atom stereocenters. The van der Waals surface area contributed by atoms with Gasteiger partial charge in [-0.2, -0.15) is 0 Å². The molecule has 6 nitrogen and oxygen atoms in total. The van der Waals surface area contributed by atoms with E-state index in [2.05, 4.69) is 5.32 Å². The first-order valence-corrected chi connectivity index (χ1v) is 8.68. The van der Waals surface area contributed by atoms with Crippen LogP contribution in [-0.4, -0.2) is 35.1 Å². The van der Waals surface area contributed by atoms with Gasteiger partial charge in [0.25, 0.3) is 0 Å². The van der Waals surface area contributed by atoms with Crippen LogP contribution in [0.1, 0.15) is 64.7 Å². The van der Waals surface area contributed by atoms with Crippen molar-refractivity contribution in [3.8, 4) is 0 Å². The lowest BCUT2D eigenvalue weighted by Crippen LogP contribution is -2.46. The SMILES string of the molecule is CC(C)(C)OC(=O)N[C@@H](CCC(=O)c1ccccc1)C(=O)OC(C)(C)C. The summed E-state index contributed by atoms with van der Waals surface area (Å²) in [5.74, 6) is -0.700.